The normalized spacial score (nSPS) is 25.6. The third kappa shape index (κ3) is 3.97. The van der Waals surface area contributed by atoms with Crippen LogP contribution in [0.4, 0.5) is 0 Å². The van der Waals surface area contributed by atoms with Crippen molar-refractivity contribution in [2.75, 3.05) is 26.2 Å². The number of likely N-dealkylation sites (tertiary alicyclic amines) is 1. The van der Waals surface area contributed by atoms with Crippen molar-refractivity contribution in [2.24, 2.45) is 11.7 Å². The fourth-order valence-corrected chi connectivity index (χ4v) is 3.42. The summed E-state index contributed by atoms with van der Waals surface area (Å²) < 4.78 is 11.8. The number of aliphatic hydroxyl groups excluding tert-OH is 1. The van der Waals surface area contributed by atoms with Gasteiger partial charge in [-0.1, -0.05) is 25.5 Å². The van der Waals surface area contributed by atoms with Crippen molar-refractivity contribution < 1.29 is 14.6 Å². The maximum atomic E-state index is 10.5. The summed E-state index contributed by atoms with van der Waals surface area (Å²) in [4.78, 5) is 2.31. The summed E-state index contributed by atoms with van der Waals surface area (Å²) in [6.45, 7) is 5.28. The number of aliphatic hydroxyl groups is 1. The second kappa shape index (κ2) is 7.51. The summed E-state index contributed by atoms with van der Waals surface area (Å²) in [7, 11) is 0. The van der Waals surface area contributed by atoms with Crippen molar-refractivity contribution in [3.63, 3.8) is 0 Å². The van der Waals surface area contributed by atoms with Crippen LogP contribution in [0.1, 0.15) is 26.2 Å². The Hall–Kier alpha value is -1.30. The maximum absolute atomic E-state index is 10.5. The van der Waals surface area contributed by atoms with Crippen molar-refractivity contribution in [3.8, 4) is 11.5 Å². The number of nitrogens with two attached hydrogens (primary N) is 1. The van der Waals surface area contributed by atoms with E-state index in [1.54, 1.807) is 0 Å². The van der Waals surface area contributed by atoms with Gasteiger partial charge in [0.25, 0.3) is 0 Å². The lowest BCUT2D eigenvalue weighted by molar-refractivity contribution is 0.00761. The molecule has 3 N–H and O–H groups in total. The summed E-state index contributed by atoms with van der Waals surface area (Å²) in [5.41, 5.74) is 6.32. The summed E-state index contributed by atoms with van der Waals surface area (Å²) in [5.74, 6) is 1.55. The Bertz CT molecular complexity index is 505. The van der Waals surface area contributed by atoms with Crippen LogP contribution in [0.5, 0.6) is 11.5 Å². The number of ether oxygens (including phenoxy) is 2. The van der Waals surface area contributed by atoms with Crippen LogP contribution in [-0.2, 0) is 0 Å². The summed E-state index contributed by atoms with van der Waals surface area (Å²) in [5, 5.41) is 10.5. The van der Waals surface area contributed by atoms with Gasteiger partial charge in [-0.2, -0.15) is 0 Å². The van der Waals surface area contributed by atoms with Gasteiger partial charge in [-0.25, -0.2) is 0 Å². The highest BCUT2D eigenvalue weighted by atomic mass is 16.6. The second-order valence-electron chi connectivity index (χ2n) is 6.78. The highest BCUT2D eigenvalue weighted by molar-refractivity contribution is 5.40. The Morgan fingerprint density at radius 1 is 1.22 bits per heavy atom. The van der Waals surface area contributed by atoms with Crippen LogP contribution in [0.25, 0.3) is 0 Å². The summed E-state index contributed by atoms with van der Waals surface area (Å²) in [6, 6.07) is 7.35. The first-order valence-corrected chi connectivity index (χ1v) is 8.69. The van der Waals surface area contributed by atoms with Gasteiger partial charge in [0.2, 0.25) is 0 Å². The molecule has 128 valence electrons. The first kappa shape index (κ1) is 16.6. The maximum Gasteiger partial charge on any atom is 0.161 e. The molecule has 1 saturated heterocycles. The quantitative estimate of drug-likeness (QED) is 0.863. The van der Waals surface area contributed by atoms with Gasteiger partial charge < -0.3 is 25.2 Å². The van der Waals surface area contributed by atoms with Crippen LogP contribution in [0.15, 0.2) is 24.3 Å². The van der Waals surface area contributed by atoms with E-state index in [0.717, 1.165) is 24.6 Å². The predicted molar refractivity (Wildman–Crippen MR) is 89.8 cm³/mol. The number of β-amino-alcohol motifs (C(OH)–C–C–N with tert-alkyl or cyclic N) is 1. The lowest BCUT2D eigenvalue weighted by Crippen LogP contribution is -2.52. The Kier molecular flexibility index (Phi) is 5.41. The van der Waals surface area contributed by atoms with E-state index in [-0.39, 0.29) is 18.1 Å². The molecule has 2 aliphatic rings. The van der Waals surface area contributed by atoms with Crippen molar-refractivity contribution in [1.29, 1.82) is 0 Å². The van der Waals surface area contributed by atoms with Crippen LogP contribution in [0, 0.1) is 5.92 Å². The van der Waals surface area contributed by atoms with Crippen LogP contribution in [0.3, 0.4) is 0 Å². The Morgan fingerprint density at radius 2 is 1.91 bits per heavy atom. The standard InChI is InChI=1S/C18H28N2O3/c1-13(17-12-22-15-7-3-4-8-16(15)23-17)18(19)14(21)11-20-9-5-2-6-10-20/h3-4,7-8,13-14,17-18,21H,2,5-6,9-12,19H2,1H3. The average molecular weight is 320 g/mol. The van der Waals surface area contributed by atoms with Crippen LogP contribution in [-0.4, -0.2) is 54.5 Å². The van der Waals surface area contributed by atoms with Crippen LogP contribution >= 0.6 is 0 Å². The molecule has 1 fully saturated rings. The molecular weight excluding hydrogens is 292 g/mol. The minimum Gasteiger partial charge on any atom is -0.486 e. The molecule has 23 heavy (non-hydrogen) atoms. The third-order valence-electron chi connectivity index (χ3n) is 5.06. The number of nitrogens with zero attached hydrogens (tertiary/aromatic N) is 1. The van der Waals surface area contributed by atoms with Gasteiger partial charge in [0.05, 0.1) is 6.10 Å². The number of para-hydroxylation sites is 2. The van der Waals surface area contributed by atoms with E-state index >= 15 is 0 Å². The fraction of sp³-hybridized carbons (Fsp3) is 0.667. The molecule has 2 aliphatic heterocycles. The molecule has 0 spiro atoms. The topological polar surface area (TPSA) is 68.0 Å². The first-order chi connectivity index (χ1) is 11.1. The number of fused-ring (bicyclic) bond motifs is 1. The van der Waals surface area contributed by atoms with E-state index in [4.69, 9.17) is 15.2 Å². The Balaban J connectivity index is 1.55. The molecule has 0 saturated carbocycles. The van der Waals surface area contributed by atoms with Gasteiger partial charge >= 0.3 is 0 Å². The van der Waals surface area contributed by atoms with Gasteiger partial charge in [-0.3, -0.25) is 0 Å². The molecule has 0 bridgehead atoms. The molecule has 4 unspecified atom stereocenters. The van der Waals surface area contributed by atoms with Crippen molar-refractivity contribution in [3.05, 3.63) is 24.3 Å². The molecule has 1 aromatic carbocycles. The lowest BCUT2D eigenvalue weighted by Gasteiger charge is -2.36. The molecule has 5 nitrogen and oxygen atoms in total. The minimum atomic E-state index is -0.538. The number of benzene rings is 1. The van der Waals surface area contributed by atoms with E-state index < -0.39 is 6.10 Å². The van der Waals surface area contributed by atoms with Crippen LogP contribution in [0.2, 0.25) is 0 Å². The third-order valence-corrected chi connectivity index (χ3v) is 5.06. The smallest absolute Gasteiger partial charge is 0.161 e. The molecular formula is C18H28N2O3. The lowest BCUT2D eigenvalue weighted by atomic mass is 9.91. The molecule has 4 atom stereocenters. The van der Waals surface area contributed by atoms with Gasteiger partial charge in [0.15, 0.2) is 11.5 Å². The summed E-state index contributed by atoms with van der Waals surface area (Å²) >= 11 is 0. The highest BCUT2D eigenvalue weighted by Crippen LogP contribution is 2.33. The van der Waals surface area contributed by atoms with Gasteiger partial charge in [-0.15, -0.1) is 0 Å². The summed E-state index contributed by atoms with van der Waals surface area (Å²) in [6.07, 6.45) is 3.06. The fourth-order valence-electron chi connectivity index (χ4n) is 3.42. The zero-order valence-corrected chi connectivity index (χ0v) is 13.9. The number of rotatable bonds is 5. The van der Waals surface area contributed by atoms with E-state index in [0.29, 0.717) is 13.2 Å². The largest absolute Gasteiger partial charge is 0.486 e. The van der Waals surface area contributed by atoms with Gasteiger partial charge in [0.1, 0.15) is 12.7 Å². The molecule has 1 aromatic rings. The van der Waals surface area contributed by atoms with Gasteiger partial charge in [0, 0.05) is 18.5 Å². The molecule has 0 amide bonds. The van der Waals surface area contributed by atoms with Crippen molar-refractivity contribution in [1.82, 2.24) is 4.90 Å². The van der Waals surface area contributed by atoms with E-state index in [9.17, 15) is 5.11 Å². The molecule has 0 aromatic heterocycles. The molecule has 3 rings (SSSR count). The van der Waals surface area contributed by atoms with Crippen molar-refractivity contribution >= 4 is 0 Å². The van der Waals surface area contributed by atoms with E-state index in [2.05, 4.69) is 4.90 Å². The first-order valence-electron chi connectivity index (χ1n) is 8.69. The van der Waals surface area contributed by atoms with Crippen molar-refractivity contribution in [2.45, 2.75) is 44.4 Å². The zero-order valence-electron chi connectivity index (χ0n) is 13.9. The molecule has 0 aliphatic carbocycles. The number of hydrogen-bond donors (Lipinski definition) is 2. The number of piperidine rings is 1. The minimum absolute atomic E-state index is 0.0168. The SMILES string of the molecule is CC(C1COc2ccccc2O1)C(N)C(O)CN1CCCCC1. The molecule has 5 heteroatoms. The Morgan fingerprint density at radius 3 is 2.65 bits per heavy atom. The van der Waals surface area contributed by atoms with E-state index in [1.807, 2.05) is 31.2 Å². The van der Waals surface area contributed by atoms with Crippen LogP contribution < -0.4 is 15.2 Å². The second-order valence-corrected chi connectivity index (χ2v) is 6.78. The number of hydrogen-bond acceptors (Lipinski definition) is 5. The van der Waals surface area contributed by atoms with Gasteiger partial charge in [-0.05, 0) is 38.1 Å². The Labute approximate surface area is 138 Å². The highest BCUT2D eigenvalue weighted by Gasteiger charge is 2.33. The zero-order chi connectivity index (χ0) is 16.2. The average Bonchev–Trinajstić information content (AvgIpc) is 2.61. The predicted octanol–water partition coefficient (Wildman–Crippen LogP) is 1.64. The monoisotopic (exact) mass is 320 g/mol. The molecule has 0 radical (unpaired) electrons. The van der Waals surface area contributed by atoms with E-state index in [1.165, 1.54) is 19.3 Å². The molecule has 2 heterocycles.